The molecule has 0 fully saturated rings. The highest BCUT2D eigenvalue weighted by Gasteiger charge is 2.33. The fourth-order valence-corrected chi connectivity index (χ4v) is 2.94. The van der Waals surface area contributed by atoms with Crippen LogP contribution in [0.3, 0.4) is 0 Å². The van der Waals surface area contributed by atoms with Gasteiger partial charge in [-0.2, -0.15) is 0 Å². The predicted octanol–water partition coefficient (Wildman–Crippen LogP) is 5.01. The number of H-pyrrole nitrogens is 1. The van der Waals surface area contributed by atoms with Crippen molar-refractivity contribution < 1.29 is 13.9 Å². The maximum absolute atomic E-state index is 13.7. The molecular weight excluding hydrogens is 331 g/mol. The molecule has 1 aromatic heterocycles. The molecule has 1 amide bonds. The first kappa shape index (κ1) is 18.0. The number of para-hydroxylation sites is 2. The first-order valence-electron chi connectivity index (χ1n) is 8.63. The minimum absolute atomic E-state index is 0.00217. The highest BCUT2D eigenvalue weighted by Crippen LogP contribution is 2.33. The number of fused-ring (bicyclic) bond motifs is 1. The van der Waals surface area contributed by atoms with Crippen LogP contribution in [0, 0.1) is 5.82 Å². The Labute approximate surface area is 152 Å². The van der Waals surface area contributed by atoms with Gasteiger partial charge in [-0.25, -0.2) is 4.39 Å². The Hall–Kier alpha value is -2.82. The van der Waals surface area contributed by atoms with Gasteiger partial charge in [0.2, 0.25) is 5.91 Å². The Bertz CT molecular complexity index is 944. The van der Waals surface area contributed by atoms with E-state index in [9.17, 15) is 9.18 Å². The third-order valence-corrected chi connectivity index (χ3v) is 4.38. The van der Waals surface area contributed by atoms with E-state index in [4.69, 9.17) is 4.74 Å². The smallest absolute Gasteiger partial charge is 0.234 e. The molecule has 1 heterocycles. The summed E-state index contributed by atoms with van der Waals surface area (Å²) < 4.78 is 19.4. The van der Waals surface area contributed by atoms with Crippen molar-refractivity contribution in [3.8, 4) is 5.75 Å². The van der Waals surface area contributed by atoms with Crippen LogP contribution >= 0.6 is 0 Å². The van der Waals surface area contributed by atoms with Gasteiger partial charge in [-0.05, 0) is 63.6 Å². The molecule has 4 nitrogen and oxygen atoms in total. The third-order valence-electron chi connectivity index (χ3n) is 4.38. The van der Waals surface area contributed by atoms with Crippen molar-refractivity contribution in [1.82, 2.24) is 4.98 Å². The monoisotopic (exact) mass is 354 g/mol. The molecular formula is C21H23FN2O2. The highest BCUT2D eigenvalue weighted by atomic mass is 19.1. The largest absolute Gasteiger partial charge is 0.489 e. The van der Waals surface area contributed by atoms with E-state index >= 15 is 0 Å². The van der Waals surface area contributed by atoms with Crippen LogP contribution in [-0.2, 0) is 10.2 Å². The molecule has 0 unspecified atom stereocenters. The summed E-state index contributed by atoms with van der Waals surface area (Å²) in [6.07, 6.45) is 1.76. The van der Waals surface area contributed by atoms with Gasteiger partial charge in [0, 0.05) is 17.1 Å². The highest BCUT2D eigenvalue weighted by molar-refractivity contribution is 6.02. The van der Waals surface area contributed by atoms with Crippen LogP contribution in [0.1, 0.15) is 33.3 Å². The van der Waals surface area contributed by atoms with E-state index in [1.54, 1.807) is 18.3 Å². The zero-order valence-electron chi connectivity index (χ0n) is 15.4. The first-order chi connectivity index (χ1) is 12.3. The summed E-state index contributed by atoms with van der Waals surface area (Å²) >= 11 is 0. The van der Waals surface area contributed by atoms with Gasteiger partial charge in [-0.3, -0.25) is 4.79 Å². The summed E-state index contributed by atoms with van der Waals surface area (Å²) in [6, 6.07) is 11.9. The van der Waals surface area contributed by atoms with Crippen LogP contribution in [0.5, 0.6) is 5.75 Å². The van der Waals surface area contributed by atoms with Gasteiger partial charge in [-0.15, -0.1) is 0 Å². The van der Waals surface area contributed by atoms with Crippen molar-refractivity contribution in [2.24, 2.45) is 0 Å². The van der Waals surface area contributed by atoms with Crippen molar-refractivity contribution >= 4 is 22.5 Å². The Kier molecular flexibility index (Phi) is 4.72. The number of anilines is 1. The van der Waals surface area contributed by atoms with Crippen molar-refractivity contribution in [3.05, 3.63) is 60.0 Å². The van der Waals surface area contributed by atoms with Crippen molar-refractivity contribution in [1.29, 1.82) is 0 Å². The van der Waals surface area contributed by atoms with Crippen LogP contribution in [0.4, 0.5) is 10.1 Å². The van der Waals surface area contributed by atoms with Crippen LogP contribution in [0.15, 0.2) is 48.7 Å². The third kappa shape index (κ3) is 3.43. The number of carbonyl (C=O) groups excluding carboxylic acids is 1. The topological polar surface area (TPSA) is 54.1 Å². The lowest BCUT2D eigenvalue weighted by Gasteiger charge is -2.24. The lowest BCUT2D eigenvalue weighted by atomic mass is 9.83. The molecule has 5 heteroatoms. The number of carbonyl (C=O) groups is 1. The average Bonchev–Trinajstić information content (AvgIpc) is 2.99. The Balaban J connectivity index is 1.92. The zero-order chi connectivity index (χ0) is 18.9. The summed E-state index contributed by atoms with van der Waals surface area (Å²) in [7, 11) is 0. The van der Waals surface area contributed by atoms with Gasteiger partial charge in [0.05, 0.1) is 17.2 Å². The summed E-state index contributed by atoms with van der Waals surface area (Å²) in [5.74, 6) is 0.101. The Morgan fingerprint density at radius 3 is 2.65 bits per heavy atom. The molecule has 3 rings (SSSR count). The Morgan fingerprint density at radius 1 is 1.19 bits per heavy atom. The van der Waals surface area contributed by atoms with Gasteiger partial charge < -0.3 is 15.0 Å². The van der Waals surface area contributed by atoms with E-state index in [0.717, 1.165) is 11.1 Å². The summed E-state index contributed by atoms with van der Waals surface area (Å²) in [4.78, 5) is 16.1. The number of amides is 1. The molecule has 2 aromatic carbocycles. The van der Waals surface area contributed by atoms with Crippen LogP contribution in [0.25, 0.3) is 10.9 Å². The number of halogens is 1. The zero-order valence-corrected chi connectivity index (χ0v) is 15.4. The second-order valence-electron chi connectivity index (χ2n) is 7.13. The SMILES string of the molecule is CC(C)Oc1ccccc1NC(=O)C(C)(C)c1c[nH]c2ccc(F)cc12. The van der Waals surface area contributed by atoms with Gasteiger partial charge in [0.15, 0.2) is 0 Å². The molecule has 136 valence electrons. The molecule has 0 radical (unpaired) electrons. The van der Waals surface area contributed by atoms with Crippen LogP contribution < -0.4 is 10.1 Å². The van der Waals surface area contributed by atoms with Crippen molar-refractivity contribution in [2.45, 2.75) is 39.2 Å². The van der Waals surface area contributed by atoms with E-state index in [0.29, 0.717) is 16.8 Å². The van der Waals surface area contributed by atoms with E-state index in [-0.39, 0.29) is 17.8 Å². The normalized spacial score (nSPS) is 11.8. The first-order valence-corrected chi connectivity index (χ1v) is 8.63. The molecule has 0 bridgehead atoms. The van der Waals surface area contributed by atoms with Crippen LogP contribution in [-0.4, -0.2) is 17.0 Å². The maximum atomic E-state index is 13.7. The lowest BCUT2D eigenvalue weighted by Crippen LogP contribution is -2.34. The number of aromatic nitrogens is 1. The van der Waals surface area contributed by atoms with Crippen molar-refractivity contribution in [2.75, 3.05) is 5.32 Å². The molecule has 0 saturated carbocycles. The van der Waals surface area contributed by atoms with E-state index in [1.165, 1.54) is 12.1 Å². The number of rotatable bonds is 5. The number of aromatic amines is 1. The fourth-order valence-electron chi connectivity index (χ4n) is 2.94. The molecule has 26 heavy (non-hydrogen) atoms. The van der Waals surface area contributed by atoms with Gasteiger partial charge in [0.1, 0.15) is 11.6 Å². The quantitative estimate of drug-likeness (QED) is 0.677. The van der Waals surface area contributed by atoms with Crippen LogP contribution in [0.2, 0.25) is 0 Å². The summed E-state index contributed by atoms with van der Waals surface area (Å²) in [5.41, 5.74) is 1.29. The van der Waals surface area contributed by atoms with E-state index in [2.05, 4.69) is 10.3 Å². The fraction of sp³-hybridized carbons (Fsp3) is 0.286. The predicted molar refractivity (Wildman–Crippen MR) is 102 cm³/mol. The molecule has 2 N–H and O–H groups in total. The van der Waals surface area contributed by atoms with Crippen molar-refractivity contribution in [3.63, 3.8) is 0 Å². The molecule has 0 aliphatic heterocycles. The number of benzene rings is 2. The molecule has 0 atom stereocenters. The standard InChI is InChI=1S/C21H23FN2O2/c1-13(2)26-19-8-6-5-7-18(19)24-20(25)21(3,4)16-12-23-17-10-9-14(22)11-15(16)17/h5-13,23H,1-4H3,(H,24,25). The number of ether oxygens (including phenoxy) is 1. The molecule has 3 aromatic rings. The number of hydrogen-bond acceptors (Lipinski definition) is 2. The number of hydrogen-bond donors (Lipinski definition) is 2. The molecule has 0 spiro atoms. The minimum Gasteiger partial charge on any atom is -0.489 e. The Morgan fingerprint density at radius 2 is 1.92 bits per heavy atom. The summed E-state index contributed by atoms with van der Waals surface area (Å²) in [5, 5.41) is 3.66. The lowest BCUT2D eigenvalue weighted by molar-refractivity contribution is -0.120. The number of nitrogens with one attached hydrogen (secondary N) is 2. The second kappa shape index (κ2) is 6.83. The molecule has 0 saturated heterocycles. The van der Waals surface area contributed by atoms with Gasteiger partial charge >= 0.3 is 0 Å². The molecule has 0 aliphatic rings. The minimum atomic E-state index is -0.864. The van der Waals surface area contributed by atoms with Gasteiger partial charge in [-0.1, -0.05) is 12.1 Å². The molecule has 0 aliphatic carbocycles. The summed E-state index contributed by atoms with van der Waals surface area (Å²) in [6.45, 7) is 7.51. The van der Waals surface area contributed by atoms with E-state index in [1.807, 2.05) is 45.9 Å². The van der Waals surface area contributed by atoms with Gasteiger partial charge in [0.25, 0.3) is 0 Å². The maximum Gasteiger partial charge on any atom is 0.234 e. The van der Waals surface area contributed by atoms with E-state index < -0.39 is 5.41 Å². The average molecular weight is 354 g/mol. The second-order valence-corrected chi connectivity index (χ2v) is 7.13.